The predicted octanol–water partition coefficient (Wildman–Crippen LogP) is 2.04. The van der Waals surface area contributed by atoms with Crippen LogP contribution in [0.3, 0.4) is 0 Å². The Hall–Kier alpha value is -2.41. The Morgan fingerprint density at radius 1 is 1.39 bits per heavy atom. The van der Waals surface area contributed by atoms with Crippen LogP contribution in [0.25, 0.3) is 0 Å². The first-order valence-corrected chi connectivity index (χ1v) is 11.3. The number of hydrogen-bond acceptors (Lipinski definition) is 5. The van der Waals surface area contributed by atoms with Crippen LogP contribution < -0.4 is 16.0 Å². The van der Waals surface area contributed by atoms with E-state index in [0.29, 0.717) is 41.8 Å². The highest BCUT2D eigenvalue weighted by Gasteiger charge is 2.32. The van der Waals surface area contributed by atoms with Gasteiger partial charge in [0.2, 0.25) is 11.8 Å². The molecule has 0 radical (unpaired) electrons. The van der Waals surface area contributed by atoms with E-state index in [9.17, 15) is 19.6 Å². The minimum Gasteiger partial charge on any atom is -0.356 e. The van der Waals surface area contributed by atoms with Gasteiger partial charge in [0.05, 0.1) is 16.2 Å². The fraction of sp³-hybridized carbons (Fsp3) is 0.667. The molecule has 1 aromatic heterocycles. The van der Waals surface area contributed by atoms with E-state index < -0.39 is 23.9 Å². The van der Waals surface area contributed by atoms with Crippen LogP contribution in [0, 0.1) is 29.6 Å². The highest BCUT2D eigenvalue weighted by molar-refractivity contribution is 9.10. The highest BCUT2D eigenvalue weighted by Crippen LogP contribution is 2.24. The second kappa shape index (κ2) is 10.3. The molecule has 1 aliphatic rings. The van der Waals surface area contributed by atoms with Crippen molar-refractivity contribution in [3.63, 3.8) is 0 Å². The quantitative estimate of drug-likeness (QED) is 0.509. The van der Waals surface area contributed by atoms with E-state index in [2.05, 4.69) is 43.0 Å². The summed E-state index contributed by atoms with van der Waals surface area (Å²) in [6, 6.07) is 0.419. The smallest absolute Gasteiger partial charge is 0.271 e. The minimum atomic E-state index is -0.840. The molecule has 10 heteroatoms. The average Bonchev–Trinajstić information content (AvgIpc) is 3.21. The van der Waals surface area contributed by atoms with Crippen LogP contribution in [-0.2, 0) is 16.1 Å². The van der Waals surface area contributed by atoms with E-state index in [1.807, 2.05) is 27.7 Å². The molecule has 3 N–H and O–H groups in total. The Bertz CT molecular complexity index is 883. The Kier molecular flexibility index (Phi) is 8.23. The number of nitrogens with zero attached hydrogens (tertiary/aromatic N) is 3. The summed E-state index contributed by atoms with van der Waals surface area (Å²) in [7, 11) is 0. The van der Waals surface area contributed by atoms with Gasteiger partial charge in [-0.3, -0.25) is 19.1 Å². The van der Waals surface area contributed by atoms with E-state index in [1.165, 1.54) is 0 Å². The molecule has 3 amide bonds. The van der Waals surface area contributed by atoms with Gasteiger partial charge in [-0.15, -0.1) is 0 Å². The Morgan fingerprint density at radius 2 is 2.06 bits per heavy atom. The topological polar surface area (TPSA) is 129 Å². The molecule has 0 aromatic carbocycles. The van der Waals surface area contributed by atoms with Crippen molar-refractivity contribution in [3.05, 3.63) is 15.9 Å². The summed E-state index contributed by atoms with van der Waals surface area (Å²) in [4.78, 5) is 37.9. The third-order valence-corrected chi connectivity index (χ3v) is 6.11. The van der Waals surface area contributed by atoms with Gasteiger partial charge in [0.1, 0.15) is 17.8 Å². The van der Waals surface area contributed by atoms with Crippen molar-refractivity contribution in [2.45, 2.75) is 72.5 Å². The first-order valence-electron chi connectivity index (χ1n) is 10.5. The lowest BCUT2D eigenvalue weighted by atomic mass is 9.87. The van der Waals surface area contributed by atoms with Gasteiger partial charge in [-0.2, -0.15) is 10.4 Å². The van der Waals surface area contributed by atoms with Gasteiger partial charge in [0.25, 0.3) is 5.91 Å². The summed E-state index contributed by atoms with van der Waals surface area (Å²) >= 11 is 3.41. The molecule has 1 fully saturated rings. The summed E-state index contributed by atoms with van der Waals surface area (Å²) < 4.78 is 2.17. The zero-order valence-corrected chi connectivity index (χ0v) is 20.3. The number of amides is 3. The molecule has 1 aliphatic heterocycles. The maximum Gasteiger partial charge on any atom is 0.271 e. The maximum absolute atomic E-state index is 13.0. The van der Waals surface area contributed by atoms with Crippen LogP contribution in [0.5, 0.6) is 0 Å². The molecule has 1 saturated heterocycles. The molecule has 0 spiro atoms. The number of nitriles is 1. The number of halogens is 1. The van der Waals surface area contributed by atoms with Crippen LogP contribution >= 0.6 is 15.9 Å². The summed E-state index contributed by atoms with van der Waals surface area (Å²) in [5.74, 6) is -1.24. The van der Waals surface area contributed by atoms with Gasteiger partial charge in [0, 0.05) is 19.0 Å². The van der Waals surface area contributed by atoms with Gasteiger partial charge >= 0.3 is 0 Å². The molecule has 3 atom stereocenters. The van der Waals surface area contributed by atoms with E-state index in [1.54, 1.807) is 11.6 Å². The molecule has 1 aromatic rings. The van der Waals surface area contributed by atoms with Crippen molar-refractivity contribution >= 4 is 33.7 Å². The second-order valence-electron chi connectivity index (χ2n) is 9.06. The number of carbonyl (C=O) groups is 3. The van der Waals surface area contributed by atoms with Crippen molar-refractivity contribution in [1.29, 1.82) is 5.26 Å². The minimum absolute atomic E-state index is 0.0953. The maximum atomic E-state index is 13.0. The molecular formula is C21H31BrN6O3. The molecule has 2 rings (SSSR count). The lowest BCUT2D eigenvalue weighted by Gasteiger charge is -2.27. The molecule has 31 heavy (non-hydrogen) atoms. The molecule has 0 saturated carbocycles. The fourth-order valence-corrected chi connectivity index (χ4v) is 4.09. The number of aryl methyl sites for hydroxylation is 2. The molecule has 2 heterocycles. The van der Waals surface area contributed by atoms with Gasteiger partial charge in [-0.25, -0.2) is 0 Å². The van der Waals surface area contributed by atoms with E-state index >= 15 is 0 Å². The van der Waals surface area contributed by atoms with Crippen LogP contribution in [0.15, 0.2) is 4.47 Å². The average molecular weight is 495 g/mol. The molecule has 0 bridgehead atoms. The number of rotatable bonds is 8. The zero-order valence-electron chi connectivity index (χ0n) is 18.7. The fourth-order valence-electron chi connectivity index (χ4n) is 3.62. The third kappa shape index (κ3) is 6.53. The van der Waals surface area contributed by atoms with Gasteiger partial charge < -0.3 is 16.0 Å². The van der Waals surface area contributed by atoms with Crippen LogP contribution in [0.1, 0.15) is 63.1 Å². The lowest BCUT2D eigenvalue weighted by molar-refractivity contribution is -0.125. The van der Waals surface area contributed by atoms with Crippen molar-refractivity contribution in [2.24, 2.45) is 11.3 Å². The molecule has 0 unspecified atom stereocenters. The normalized spacial score (nSPS) is 18.1. The third-order valence-electron chi connectivity index (χ3n) is 5.16. The lowest BCUT2D eigenvalue weighted by Crippen LogP contribution is -2.51. The molecule has 9 nitrogen and oxygen atoms in total. The van der Waals surface area contributed by atoms with E-state index in [-0.39, 0.29) is 23.7 Å². The highest BCUT2D eigenvalue weighted by atomic mass is 79.9. The van der Waals surface area contributed by atoms with Crippen molar-refractivity contribution in [3.8, 4) is 6.07 Å². The van der Waals surface area contributed by atoms with E-state index in [0.717, 1.165) is 0 Å². The molecular weight excluding hydrogens is 464 g/mol. The standard InChI is InChI=1S/C21H31BrN6O3/c1-6-28-17(16(22)12(2)27-28)20(31)26-15(10-21(3,4)5)19(30)25-14(11-23)9-13-7-8-24-18(13)29/h13-15H,6-10H2,1-5H3,(H,24,29)(H,25,30)(H,26,31)/t13-,14-,15-/m0/s1. The van der Waals surface area contributed by atoms with Gasteiger partial charge in [-0.05, 0) is 54.5 Å². The summed E-state index contributed by atoms with van der Waals surface area (Å²) in [6.45, 7) is 10.7. The first kappa shape index (κ1) is 24.9. The van der Waals surface area contributed by atoms with E-state index in [4.69, 9.17) is 0 Å². The summed E-state index contributed by atoms with van der Waals surface area (Å²) in [5, 5.41) is 22.1. The SMILES string of the molecule is CCn1nc(C)c(Br)c1C(=O)N[C@@H](CC(C)(C)C)C(=O)N[C@H](C#N)C[C@@H]1CCNC1=O. The van der Waals surface area contributed by atoms with Crippen molar-refractivity contribution < 1.29 is 14.4 Å². The Balaban J connectivity index is 2.17. The van der Waals surface area contributed by atoms with Crippen molar-refractivity contribution in [1.82, 2.24) is 25.7 Å². The zero-order chi connectivity index (χ0) is 23.3. The second-order valence-corrected chi connectivity index (χ2v) is 9.85. The van der Waals surface area contributed by atoms with Crippen LogP contribution in [0.2, 0.25) is 0 Å². The van der Waals surface area contributed by atoms with Gasteiger partial charge in [0.15, 0.2) is 0 Å². The Morgan fingerprint density at radius 3 is 2.58 bits per heavy atom. The summed E-state index contributed by atoms with van der Waals surface area (Å²) in [6.07, 6.45) is 1.27. The van der Waals surface area contributed by atoms with Crippen LogP contribution in [-0.4, -0.2) is 46.1 Å². The first-order chi connectivity index (χ1) is 14.5. The Labute approximate surface area is 191 Å². The van der Waals surface area contributed by atoms with Crippen LogP contribution in [0.4, 0.5) is 0 Å². The predicted molar refractivity (Wildman–Crippen MR) is 119 cm³/mol. The summed E-state index contributed by atoms with van der Waals surface area (Å²) in [5.41, 5.74) is 0.787. The largest absolute Gasteiger partial charge is 0.356 e. The van der Waals surface area contributed by atoms with Gasteiger partial charge in [-0.1, -0.05) is 20.8 Å². The number of nitrogens with one attached hydrogen (secondary N) is 3. The molecule has 0 aliphatic carbocycles. The number of aromatic nitrogens is 2. The molecule has 170 valence electrons. The number of carbonyl (C=O) groups excluding carboxylic acids is 3. The van der Waals surface area contributed by atoms with Crippen molar-refractivity contribution in [2.75, 3.05) is 6.54 Å². The number of hydrogen-bond donors (Lipinski definition) is 3. The monoisotopic (exact) mass is 494 g/mol.